The first kappa shape index (κ1) is 14.9. The highest BCUT2D eigenvalue weighted by Crippen LogP contribution is 2.19. The van der Waals surface area contributed by atoms with E-state index in [1.807, 2.05) is 24.3 Å². The summed E-state index contributed by atoms with van der Waals surface area (Å²) in [5, 5.41) is 4.98. The van der Waals surface area contributed by atoms with Crippen LogP contribution in [0.4, 0.5) is 4.79 Å². The Morgan fingerprint density at radius 2 is 1.94 bits per heavy atom. The predicted molar refractivity (Wildman–Crippen MR) is 74.8 cm³/mol. The molecule has 3 amide bonds. The Morgan fingerprint density at radius 3 is 2.50 bits per heavy atom. The van der Waals surface area contributed by atoms with E-state index in [1.54, 1.807) is 6.92 Å². The molecule has 0 spiro atoms. The van der Waals surface area contributed by atoms with Crippen molar-refractivity contribution in [1.82, 2.24) is 10.6 Å². The molecule has 0 aromatic heterocycles. The number of imide groups is 1. The Hall–Kier alpha value is -1.20. The average molecular weight is 287 g/mol. The van der Waals surface area contributed by atoms with Crippen molar-refractivity contribution >= 4 is 35.3 Å². The Morgan fingerprint density at radius 1 is 1.33 bits per heavy atom. The van der Waals surface area contributed by atoms with E-state index in [9.17, 15) is 9.59 Å². The van der Waals surface area contributed by atoms with Crippen LogP contribution in [-0.2, 0) is 10.5 Å². The van der Waals surface area contributed by atoms with Gasteiger partial charge in [0.15, 0.2) is 0 Å². The first-order chi connectivity index (χ1) is 8.52. The van der Waals surface area contributed by atoms with Gasteiger partial charge in [0.1, 0.15) is 0 Å². The summed E-state index contributed by atoms with van der Waals surface area (Å²) < 4.78 is 0. The lowest BCUT2D eigenvalue weighted by molar-refractivity contribution is -0.119. The van der Waals surface area contributed by atoms with Crippen LogP contribution in [0.2, 0.25) is 5.02 Å². The van der Waals surface area contributed by atoms with E-state index in [0.717, 1.165) is 5.56 Å². The number of carbonyl (C=O) groups excluding carboxylic acids is 2. The molecule has 0 saturated heterocycles. The van der Waals surface area contributed by atoms with Crippen LogP contribution in [0, 0.1) is 0 Å². The minimum absolute atomic E-state index is 0.294. The molecule has 1 aromatic carbocycles. The van der Waals surface area contributed by atoms with Gasteiger partial charge in [-0.15, -0.1) is 11.8 Å². The fourth-order valence-corrected chi connectivity index (χ4v) is 2.12. The van der Waals surface area contributed by atoms with E-state index in [1.165, 1.54) is 18.8 Å². The van der Waals surface area contributed by atoms with E-state index < -0.39 is 6.03 Å². The summed E-state index contributed by atoms with van der Waals surface area (Å²) in [4.78, 5) is 22.5. The van der Waals surface area contributed by atoms with Crippen LogP contribution >= 0.6 is 23.4 Å². The number of hydrogen-bond acceptors (Lipinski definition) is 3. The van der Waals surface area contributed by atoms with Crippen molar-refractivity contribution < 1.29 is 9.59 Å². The van der Waals surface area contributed by atoms with Gasteiger partial charge in [0, 0.05) is 17.8 Å². The number of carbonyl (C=O) groups is 2. The van der Waals surface area contributed by atoms with E-state index in [4.69, 9.17) is 11.6 Å². The SMILES string of the molecule is CNC(=O)NC(=O)[C@H](C)SCc1ccc(Cl)cc1. The number of rotatable bonds is 4. The summed E-state index contributed by atoms with van der Waals surface area (Å²) in [5.41, 5.74) is 1.09. The highest BCUT2D eigenvalue weighted by Gasteiger charge is 2.15. The first-order valence-corrected chi connectivity index (χ1v) is 6.84. The molecule has 98 valence electrons. The lowest BCUT2D eigenvalue weighted by Crippen LogP contribution is -2.41. The van der Waals surface area contributed by atoms with Crippen molar-refractivity contribution in [3.63, 3.8) is 0 Å². The molecule has 0 bridgehead atoms. The molecule has 0 heterocycles. The summed E-state index contributed by atoms with van der Waals surface area (Å²) in [7, 11) is 1.47. The smallest absolute Gasteiger partial charge is 0.321 e. The van der Waals surface area contributed by atoms with Gasteiger partial charge in [0.25, 0.3) is 0 Å². The standard InChI is InChI=1S/C12H15ClN2O2S/c1-8(11(16)15-12(17)14-2)18-7-9-3-5-10(13)6-4-9/h3-6,8H,7H2,1-2H3,(H2,14,15,16,17)/t8-/m0/s1. The van der Waals surface area contributed by atoms with Crippen LogP contribution in [0.25, 0.3) is 0 Å². The Kier molecular flexibility index (Phi) is 6.01. The molecule has 0 aliphatic carbocycles. The van der Waals surface area contributed by atoms with Gasteiger partial charge in [-0.25, -0.2) is 4.79 Å². The maximum Gasteiger partial charge on any atom is 0.321 e. The Labute approximate surface area is 115 Å². The maximum absolute atomic E-state index is 11.6. The fourth-order valence-electron chi connectivity index (χ4n) is 1.15. The number of urea groups is 1. The van der Waals surface area contributed by atoms with Gasteiger partial charge >= 0.3 is 6.03 Å². The molecular formula is C12H15ClN2O2S. The molecule has 0 fully saturated rings. The molecule has 2 N–H and O–H groups in total. The van der Waals surface area contributed by atoms with E-state index in [0.29, 0.717) is 10.8 Å². The molecule has 1 aromatic rings. The van der Waals surface area contributed by atoms with Crippen molar-refractivity contribution in [3.8, 4) is 0 Å². The lowest BCUT2D eigenvalue weighted by atomic mass is 10.2. The van der Waals surface area contributed by atoms with E-state index in [2.05, 4.69) is 10.6 Å². The molecule has 18 heavy (non-hydrogen) atoms. The maximum atomic E-state index is 11.6. The van der Waals surface area contributed by atoms with Gasteiger partial charge in [-0.1, -0.05) is 23.7 Å². The predicted octanol–water partition coefficient (Wildman–Crippen LogP) is 2.42. The number of thioether (sulfide) groups is 1. The van der Waals surface area contributed by atoms with Crippen LogP contribution in [0.5, 0.6) is 0 Å². The highest BCUT2D eigenvalue weighted by molar-refractivity contribution is 7.99. The zero-order chi connectivity index (χ0) is 13.5. The molecular weight excluding hydrogens is 272 g/mol. The topological polar surface area (TPSA) is 58.2 Å². The molecule has 0 saturated carbocycles. The van der Waals surface area contributed by atoms with Crippen LogP contribution in [0.15, 0.2) is 24.3 Å². The third kappa shape index (κ3) is 4.98. The summed E-state index contributed by atoms with van der Waals surface area (Å²) >= 11 is 7.24. The molecule has 1 rings (SSSR count). The number of nitrogens with one attached hydrogen (secondary N) is 2. The second-order valence-corrected chi connectivity index (χ2v) is 5.41. The molecule has 6 heteroatoms. The zero-order valence-electron chi connectivity index (χ0n) is 10.2. The summed E-state index contributed by atoms with van der Waals surface area (Å²) in [6, 6.07) is 6.97. The van der Waals surface area contributed by atoms with Crippen molar-refractivity contribution in [2.24, 2.45) is 0 Å². The lowest BCUT2D eigenvalue weighted by Gasteiger charge is -2.10. The van der Waals surface area contributed by atoms with Gasteiger partial charge < -0.3 is 5.32 Å². The van der Waals surface area contributed by atoms with Crippen LogP contribution < -0.4 is 10.6 Å². The molecule has 4 nitrogen and oxygen atoms in total. The molecule has 1 atom stereocenters. The molecule has 0 aliphatic rings. The van der Waals surface area contributed by atoms with E-state index >= 15 is 0 Å². The summed E-state index contributed by atoms with van der Waals surface area (Å²) in [6.07, 6.45) is 0. The largest absolute Gasteiger partial charge is 0.341 e. The Balaban J connectivity index is 2.40. The van der Waals surface area contributed by atoms with Crippen molar-refractivity contribution in [2.45, 2.75) is 17.9 Å². The number of halogens is 1. The van der Waals surface area contributed by atoms with Crippen LogP contribution in [0.3, 0.4) is 0 Å². The van der Waals surface area contributed by atoms with Crippen molar-refractivity contribution in [3.05, 3.63) is 34.9 Å². The highest BCUT2D eigenvalue weighted by atomic mass is 35.5. The van der Waals surface area contributed by atoms with Crippen LogP contribution in [-0.4, -0.2) is 24.2 Å². The summed E-state index contributed by atoms with van der Waals surface area (Å²) in [6.45, 7) is 1.76. The number of amides is 3. The van der Waals surface area contributed by atoms with E-state index in [-0.39, 0.29) is 11.2 Å². The first-order valence-electron chi connectivity index (χ1n) is 5.41. The quantitative estimate of drug-likeness (QED) is 0.894. The second-order valence-electron chi connectivity index (χ2n) is 3.65. The van der Waals surface area contributed by atoms with Gasteiger partial charge in [0.05, 0.1) is 5.25 Å². The fraction of sp³-hybridized carbons (Fsp3) is 0.333. The van der Waals surface area contributed by atoms with Gasteiger partial charge in [-0.3, -0.25) is 10.1 Å². The average Bonchev–Trinajstić information content (AvgIpc) is 2.37. The van der Waals surface area contributed by atoms with Gasteiger partial charge in [-0.2, -0.15) is 0 Å². The second kappa shape index (κ2) is 7.28. The third-order valence-electron chi connectivity index (χ3n) is 2.25. The Bertz CT molecular complexity index is 423. The van der Waals surface area contributed by atoms with Gasteiger partial charge in [-0.05, 0) is 24.6 Å². The molecule has 0 radical (unpaired) electrons. The monoisotopic (exact) mass is 286 g/mol. The zero-order valence-corrected chi connectivity index (χ0v) is 11.8. The summed E-state index contributed by atoms with van der Waals surface area (Å²) in [5.74, 6) is 0.396. The van der Waals surface area contributed by atoms with Crippen LogP contribution in [0.1, 0.15) is 12.5 Å². The van der Waals surface area contributed by atoms with Crippen molar-refractivity contribution in [2.75, 3.05) is 7.05 Å². The number of hydrogen-bond donors (Lipinski definition) is 2. The molecule has 0 aliphatic heterocycles. The van der Waals surface area contributed by atoms with Crippen molar-refractivity contribution in [1.29, 1.82) is 0 Å². The minimum atomic E-state index is -0.487. The van der Waals surface area contributed by atoms with Gasteiger partial charge in [0.2, 0.25) is 5.91 Å². The third-order valence-corrected chi connectivity index (χ3v) is 3.71. The number of benzene rings is 1. The molecule has 0 unspecified atom stereocenters. The normalized spacial score (nSPS) is 11.7. The minimum Gasteiger partial charge on any atom is -0.341 e.